The number of hydrogen-bond donors (Lipinski definition) is 2. The first kappa shape index (κ1) is 16.9. The smallest absolute Gasteiger partial charge is 0.253 e. The normalized spacial score (nSPS) is 11.6. The molecule has 0 aliphatic rings. The molecule has 0 saturated carbocycles. The van der Waals surface area contributed by atoms with Crippen LogP contribution >= 0.6 is 11.6 Å². The van der Waals surface area contributed by atoms with Crippen molar-refractivity contribution in [1.82, 2.24) is 10.6 Å². The predicted octanol–water partition coefficient (Wildman–Crippen LogP) is 2.38. The Balaban J connectivity index is 1.92. The van der Waals surface area contributed by atoms with Crippen LogP contribution < -0.4 is 15.4 Å². The molecule has 1 atom stereocenters. The molecule has 2 rings (SSSR count). The number of rotatable bonds is 6. The molecule has 6 nitrogen and oxygen atoms in total. The summed E-state index contributed by atoms with van der Waals surface area (Å²) < 4.78 is 10.1. The second-order valence-electron chi connectivity index (χ2n) is 4.84. The SMILES string of the molecule is COc1ccc(C(=O)NC(C)C(=O)NCc2ccco2)c(Cl)c1. The number of carbonyl (C=O) groups excluding carboxylic acids is 2. The lowest BCUT2D eigenvalue weighted by atomic mass is 10.2. The van der Waals surface area contributed by atoms with Crippen molar-refractivity contribution in [3.05, 3.63) is 52.9 Å². The first-order valence-electron chi connectivity index (χ1n) is 6.95. The van der Waals surface area contributed by atoms with Crippen LogP contribution in [0.25, 0.3) is 0 Å². The van der Waals surface area contributed by atoms with Gasteiger partial charge in [-0.05, 0) is 37.3 Å². The zero-order valence-corrected chi connectivity index (χ0v) is 13.5. The number of hydrogen-bond acceptors (Lipinski definition) is 4. The summed E-state index contributed by atoms with van der Waals surface area (Å²) in [4.78, 5) is 24.1. The predicted molar refractivity (Wildman–Crippen MR) is 85.5 cm³/mol. The molecule has 0 saturated heterocycles. The average Bonchev–Trinajstić information content (AvgIpc) is 3.05. The highest BCUT2D eigenvalue weighted by atomic mass is 35.5. The van der Waals surface area contributed by atoms with E-state index in [-0.39, 0.29) is 23.0 Å². The van der Waals surface area contributed by atoms with Crippen molar-refractivity contribution in [2.24, 2.45) is 0 Å². The Morgan fingerprint density at radius 2 is 2.13 bits per heavy atom. The topological polar surface area (TPSA) is 80.6 Å². The van der Waals surface area contributed by atoms with Gasteiger partial charge in [-0.25, -0.2) is 0 Å². The lowest BCUT2D eigenvalue weighted by Gasteiger charge is -2.14. The Morgan fingerprint density at radius 3 is 2.74 bits per heavy atom. The van der Waals surface area contributed by atoms with E-state index in [1.807, 2.05) is 0 Å². The molecule has 0 aliphatic heterocycles. The van der Waals surface area contributed by atoms with Crippen molar-refractivity contribution in [2.75, 3.05) is 7.11 Å². The second kappa shape index (κ2) is 7.69. The van der Waals surface area contributed by atoms with Crippen molar-refractivity contribution in [3.8, 4) is 5.75 Å². The number of amides is 2. The van der Waals surface area contributed by atoms with E-state index in [1.165, 1.54) is 19.4 Å². The van der Waals surface area contributed by atoms with Gasteiger partial charge in [0.15, 0.2) is 0 Å². The molecule has 2 aromatic rings. The maximum absolute atomic E-state index is 12.2. The molecule has 1 heterocycles. The molecule has 0 aliphatic carbocycles. The highest BCUT2D eigenvalue weighted by Crippen LogP contribution is 2.22. The summed E-state index contributed by atoms with van der Waals surface area (Å²) in [5, 5.41) is 5.53. The minimum atomic E-state index is -0.712. The molecule has 7 heteroatoms. The van der Waals surface area contributed by atoms with Crippen LogP contribution in [0.2, 0.25) is 5.02 Å². The average molecular weight is 337 g/mol. The molecule has 1 aromatic heterocycles. The minimum Gasteiger partial charge on any atom is -0.497 e. The quantitative estimate of drug-likeness (QED) is 0.848. The second-order valence-corrected chi connectivity index (χ2v) is 5.25. The summed E-state index contributed by atoms with van der Waals surface area (Å²) in [5.41, 5.74) is 0.276. The summed E-state index contributed by atoms with van der Waals surface area (Å²) in [7, 11) is 1.51. The van der Waals surface area contributed by atoms with Crippen molar-refractivity contribution in [2.45, 2.75) is 19.5 Å². The van der Waals surface area contributed by atoms with Gasteiger partial charge in [-0.3, -0.25) is 9.59 Å². The molecule has 0 spiro atoms. The molecule has 0 bridgehead atoms. The van der Waals surface area contributed by atoms with Gasteiger partial charge < -0.3 is 19.8 Å². The number of methoxy groups -OCH3 is 1. The first-order chi connectivity index (χ1) is 11.0. The Morgan fingerprint density at radius 1 is 1.35 bits per heavy atom. The van der Waals surface area contributed by atoms with E-state index in [4.69, 9.17) is 20.8 Å². The molecular weight excluding hydrogens is 320 g/mol. The fourth-order valence-electron chi connectivity index (χ4n) is 1.89. The molecule has 2 N–H and O–H groups in total. The zero-order valence-electron chi connectivity index (χ0n) is 12.8. The Hall–Kier alpha value is -2.47. The van der Waals surface area contributed by atoms with Gasteiger partial charge in [-0.15, -0.1) is 0 Å². The summed E-state index contributed by atoms with van der Waals surface area (Å²) in [6.45, 7) is 1.85. The third kappa shape index (κ3) is 4.50. The molecular formula is C16H17ClN2O4. The fourth-order valence-corrected chi connectivity index (χ4v) is 2.14. The van der Waals surface area contributed by atoms with Gasteiger partial charge in [-0.1, -0.05) is 11.6 Å². The molecule has 0 fully saturated rings. The number of benzene rings is 1. The van der Waals surface area contributed by atoms with Crippen LogP contribution in [0.3, 0.4) is 0 Å². The molecule has 2 amide bonds. The van der Waals surface area contributed by atoms with Crippen molar-refractivity contribution >= 4 is 23.4 Å². The van der Waals surface area contributed by atoms with Crippen LogP contribution in [0.15, 0.2) is 41.0 Å². The van der Waals surface area contributed by atoms with Gasteiger partial charge in [0.1, 0.15) is 17.6 Å². The monoisotopic (exact) mass is 336 g/mol. The van der Waals surface area contributed by atoms with Crippen LogP contribution in [0, 0.1) is 0 Å². The van der Waals surface area contributed by atoms with E-state index >= 15 is 0 Å². The van der Waals surface area contributed by atoms with Crippen LogP contribution in [-0.4, -0.2) is 25.0 Å². The molecule has 1 aromatic carbocycles. The van der Waals surface area contributed by atoms with E-state index in [0.717, 1.165) is 0 Å². The van der Waals surface area contributed by atoms with Crippen LogP contribution in [0.1, 0.15) is 23.0 Å². The zero-order chi connectivity index (χ0) is 16.8. The first-order valence-corrected chi connectivity index (χ1v) is 7.33. The Labute approximate surface area is 138 Å². The van der Waals surface area contributed by atoms with Crippen molar-refractivity contribution in [1.29, 1.82) is 0 Å². The number of halogens is 1. The van der Waals surface area contributed by atoms with Crippen molar-refractivity contribution in [3.63, 3.8) is 0 Å². The van der Waals surface area contributed by atoms with Gasteiger partial charge >= 0.3 is 0 Å². The van der Waals surface area contributed by atoms with Gasteiger partial charge in [0.2, 0.25) is 5.91 Å². The lowest BCUT2D eigenvalue weighted by Crippen LogP contribution is -2.44. The fraction of sp³-hybridized carbons (Fsp3) is 0.250. The Bertz CT molecular complexity index is 685. The lowest BCUT2D eigenvalue weighted by molar-refractivity contribution is -0.122. The van der Waals surface area contributed by atoms with Gasteiger partial charge in [-0.2, -0.15) is 0 Å². The molecule has 122 valence electrons. The highest BCUT2D eigenvalue weighted by molar-refractivity contribution is 6.34. The molecule has 23 heavy (non-hydrogen) atoms. The molecule has 0 radical (unpaired) electrons. The summed E-state index contributed by atoms with van der Waals surface area (Å²) in [6, 6.07) is 7.49. The number of ether oxygens (including phenoxy) is 1. The molecule has 1 unspecified atom stereocenters. The van der Waals surface area contributed by atoms with Gasteiger partial charge in [0.05, 0.1) is 30.5 Å². The summed E-state index contributed by atoms with van der Waals surface area (Å²) in [5.74, 6) is 0.434. The number of furan rings is 1. The van der Waals surface area contributed by atoms with Gasteiger partial charge in [0, 0.05) is 0 Å². The van der Waals surface area contributed by atoms with Crippen LogP contribution in [0.5, 0.6) is 5.75 Å². The van der Waals surface area contributed by atoms with Crippen LogP contribution in [0.4, 0.5) is 0 Å². The van der Waals surface area contributed by atoms with E-state index in [0.29, 0.717) is 11.5 Å². The summed E-state index contributed by atoms with van der Waals surface area (Å²) >= 11 is 6.04. The maximum Gasteiger partial charge on any atom is 0.253 e. The third-order valence-electron chi connectivity index (χ3n) is 3.18. The van der Waals surface area contributed by atoms with E-state index < -0.39 is 11.9 Å². The third-order valence-corrected chi connectivity index (χ3v) is 3.49. The number of carbonyl (C=O) groups is 2. The minimum absolute atomic E-state index is 0.255. The maximum atomic E-state index is 12.2. The van der Waals surface area contributed by atoms with Crippen molar-refractivity contribution < 1.29 is 18.7 Å². The Kier molecular flexibility index (Phi) is 5.65. The number of nitrogens with one attached hydrogen (secondary N) is 2. The van der Waals surface area contributed by atoms with E-state index in [9.17, 15) is 9.59 Å². The van der Waals surface area contributed by atoms with Crippen LogP contribution in [-0.2, 0) is 11.3 Å². The van der Waals surface area contributed by atoms with Gasteiger partial charge in [0.25, 0.3) is 5.91 Å². The van der Waals surface area contributed by atoms with E-state index in [1.54, 1.807) is 31.2 Å². The summed E-state index contributed by atoms with van der Waals surface area (Å²) in [6.07, 6.45) is 1.53. The largest absolute Gasteiger partial charge is 0.497 e. The standard InChI is InChI=1S/C16H17ClN2O4/c1-10(15(20)18-9-12-4-3-7-23-12)19-16(21)13-6-5-11(22-2)8-14(13)17/h3-8,10H,9H2,1-2H3,(H,18,20)(H,19,21). The highest BCUT2D eigenvalue weighted by Gasteiger charge is 2.18. The van der Waals surface area contributed by atoms with E-state index in [2.05, 4.69) is 10.6 Å².